The first-order chi connectivity index (χ1) is 12.7. The lowest BCUT2D eigenvalue weighted by molar-refractivity contribution is -0.129. The van der Waals surface area contributed by atoms with Crippen molar-refractivity contribution in [1.82, 2.24) is 20.5 Å². The number of carbonyl (C=O) groups is 2. The molecule has 0 aliphatic heterocycles. The molecule has 0 spiro atoms. The van der Waals surface area contributed by atoms with Gasteiger partial charge in [-0.1, -0.05) is 25.0 Å². The van der Waals surface area contributed by atoms with E-state index in [9.17, 15) is 9.59 Å². The van der Waals surface area contributed by atoms with Crippen LogP contribution < -0.4 is 10.9 Å². The molecule has 1 heterocycles. The van der Waals surface area contributed by atoms with Gasteiger partial charge in [-0.05, 0) is 30.5 Å². The van der Waals surface area contributed by atoms with E-state index in [1.165, 1.54) is 0 Å². The summed E-state index contributed by atoms with van der Waals surface area (Å²) in [7, 11) is 0. The number of aromatic nitrogens is 2. The van der Waals surface area contributed by atoms with Crippen LogP contribution in [0.3, 0.4) is 0 Å². The van der Waals surface area contributed by atoms with Gasteiger partial charge in [0, 0.05) is 30.9 Å². The minimum atomic E-state index is -0.380. The molecule has 0 radical (unpaired) electrons. The Morgan fingerprint density at radius 2 is 1.77 bits per heavy atom. The molecule has 0 fully saturated rings. The zero-order valence-electron chi connectivity index (χ0n) is 14.5. The first-order valence-corrected chi connectivity index (χ1v) is 8.52. The maximum absolute atomic E-state index is 11.7. The van der Waals surface area contributed by atoms with Crippen molar-refractivity contribution in [1.29, 1.82) is 0 Å². The number of unbranched alkanes of at least 4 members (excludes halogenated alkanes) is 3. The lowest BCUT2D eigenvalue weighted by atomic mass is 10.1. The molecule has 138 valence electrons. The maximum Gasteiger partial charge on any atom is 0.243 e. The SMILES string of the molecule is O=C(CCCCCCC(=O)N/N=C/c1ccc(-n2ccnc2)cc1)NO. The number of nitrogens with one attached hydrogen (secondary N) is 2. The number of nitrogens with zero attached hydrogens (tertiary/aromatic N) is 3. The number of amides is 2. The Hall–Kier alpha value is -3.00. The van der Waals surface area contributed by atoms with Gasteiger partial charge in [0.05, 0.1) is 12.5 Å². The number of hydrazone groups is 1. The van der Waals surface area contributed by atoms with Gasteiger partial charge in [0.2, 0.25) is 11.8 Å². The number of benzene rings is 1. The first-order valence-electron chi connectivity index (χ1n) is 8.52. The zero-order valence-corrected chi connectivity index (χ0v) is 14.5. The third-order valence-corrected chi connectivity index (χ3v) is 3.78. The van der Waals surface area contributed by atoms with Crippen LogP contribution in [-0.4, -0.2) is 32.8 Å². The fourth-order valence-electron chi connectivity index (χ4n) is 2.36. The van der Waals surface area contributed by atoms with Crippen LogP contribution in [0.4, 0.5) is 0 Å². The second-order valence-electron chi connectivity index (χ2n) is 5.80. The maximum atomic E-state index is 11.7. The molecule has 0 saturated heterocycles. The predicted octanol–water partition coefficient (Wildman–Crippen LogP) is 2.17. The molecular weight excluding hydrogens is 334 g/mol. The normalized spacial score (nSPS) is 10.8. The Morgan fingerprint density at radius 1 is 1.08 bits per heavy atom. The molecule has 0 aliphatic carbocycles. The van der Waals surface area contributed by atoms with Crippen LogP contribution in [0.15, 0.2) is 48.1 Å². The van der Waals surface area contributed by atoms with Gasteiger partial charge in [0.25, 0.3) is 0 Å². The van der Waals surface area contributed by atoms with Crippen molar-refractivity contribution in [3.8, 4) is 5.69 Å². The molecule has 2 amide bonds. The topological polar surface area (TPSA) is 109 Å². The summed E-state index contributed by atoms with van der Waals surface area (Å²) in [6.07, 6.45) is 10.7. The summed E-state index contributed by atoms with van der Waals surface area (Å²) in [5.74, 6) is -0.514. The average molecular weight is 357 g/mol. The third-order valence-electron chi connectivity index (χ3n) is 3.78. The van der Waals surface area contributed by atoms with E-state index in [-0.39, 0.29) is 11.8 Å². The third kappa shape index (κ3) is 6.86. The highest BCUT2D eigenvalue weighted by Crippen LogP contribution is 2.08. The summed E-state index contributed by atoms with van der Waals surface area (Å²) in [6.45, 7) is 0. The van der Waals surface area contributed by atoms with Gasteiger partial charge in [0.1, 0.15) is 0 Å². The number of rotatable bonds is 10. The van der Waals surface area contributed by atoms with E-state index in [4.69, 9.17) is 5.21 Å². The fourth-order valence-corrected chi connectivity index (χ4v) is 2.36. The summed E-state index contributed by atoms with van der Waals surface area (Å²) in [5.41, 5.74) is 5.99. The molecule has 0 bridgehead atoms. The molecule has 2 rings (SSSR count). The van der Waals surface area contributed by atoms with Crippen LogP contribution in [0, 0.1) is 0 Å². The molecular formula is C18H23N5O3. The van der Waals surface area contributed by atoms with Crippen molar-refractivity contribution < 1.29 is 14.8 Å². The highest BCUT2D eigenvalue weighted by molar-refractivity contribution is 5.82. The van der Waals surface area contributed by atoms with Gasteiger partial charge in [0.15, 0.2) is 0 Å². The molecule has 1 aromatic carbocycles. The largest absolute Gasteiger partial charge is 0.306 e. The van der Waals surface area contributed by atoms with Gasteiger partial charge in [-0.25, -0.2) is 15.9 Å². The Balaban J connectivity index is 1.62. The lowest BCUT2D eigenvalue weighted by Gasteiger charge is -2.02. The first kappa shape index (κ1) is 19.3. The number of hydrogen-bond acceptors (Lipinski definition) is 5. The van der Waals surface area contributed by atoms with Crippen molar-refractivity contribution in [3.05, 3.63) is 48.5 Å². The summed E-state index contributed by atoms with van der Waals surface area (Å²) >= 11 is 0. The van der Waals surface area contributed by atoms with Crippen LogP contribution >= 0.6 is 0 Å². The molecule has 2 aromatic rings. The lowest BCUT2D eigenvalue weighted by Crippen LogP contribution is -2.18. The van der Waals surface area contributed by atoms with E-state index < -0.39 is 0 Å². The van der Waals surface area contributed by atoms with Gasteiger partial charge >= 0.3 is 0 Å². The quantitative estimate of drug-likeness (QED) is 0.262. The van der Waals surface area contributed by atoms with E-state index in [0.29, 0.717) is 19.3 Å². The Labute approximate surface area is 151 Å². The van der Waals surface area contributed by atoms with Crippen LogP contribution in [0.1, 0.15) is 44.1 Å². The minimum absolute atomic E-state index is 0.135. The minimum Gasteiger partial charge on any atom is -0.306 e. The molecule has 3 N–H and O–H groups in total. The molecule has 8 heteroatoms. The molecule has 0 aliphatic rings. The molecule has 0 atom stereocenters. The summed E-state index contributed by atoms with van der Waals surface area (Å²) in [4.78, 5) is 26.5. The monoisotopic (exact) mass is 357 g/mol. The van der Waals surface area contributed by atoms with Gasteiger partial charge < -0.3 is 4.57 Å². The number of imidazole rings is 1. The number of hydroxylamine groups is 1. The van der Waals surface area contributed by atoms with E-state index in [0.717, 1.165) is 30.5 Å². The van der Waals surface area contributed by atoms with Gasteiger partial charge in [-0.15, -0.1) is 0 Å². The van der Waals surface area contributed by atoms with Crippen molar-refractivity contribution >= 4 is 18.0 Å². The molecule has 8 nitrogen and oxygen atoms in total. The number of hydrogen-bond donors (Lipinski definition) is 3. The zero-order chi connectivity index (χ0) is 18.6. The van der Waals surface area contributed by atoms with Crippen LogP contribution in [0.5, 0.6) is 0 Å². The van der Waals surface area contributed by atoms with Crippen LogP contribution in [0.25, 0.3) is 5.69 Å². The molecule has 0 unspecified atom stereocenters. The summed E-state index contributed by atoms with van der Waals surface area (Å²) < 4.78 is 1.90. The highest BCUT2D eigenvalue weighted by Gasteiger charge is 2.01. The predicted molar refractivity (Wildman–Crippen MR) is 96.9 cm³/mol. The Bertz CT molecular complexity index is 711. The Kier molecular flexibility index (Phi) is 8.01. The second kappa shape index (κ2) is 10.8. The van der Waals surface area contributed by atoms with E-state index in [1.807, 2.05) is 35.0 Å². The Morgan fingerprint density at radius 3 is 2.38 bits per heavy atom. The molecule has 0 saturated carbocycles. The number of carbonyl (C=O) groups excluding carboxylic acids is 2. The summed E-state index contributed by atoms with van der Waals surface area (Å²) in [5, 5.41) is 12.3. The standard InChI is InChI=1S/C18H23N5O3/c24-17(5-3-1-2-4-6-18(25)22-26)21-20-13-15-7-9-16(10-8-15)23-12-11-19-14-23/h7-14,26H,1-6H2,(H,21,24)(H,22,25)/b20-13+. The molecule has 26 heavy (non-hydrogen) atoms. The van der Waals surface area contributed by atoms with E-state index in [1.54, 1.807) is 24.2 Å². The van der Waals surface area contributed by atoms with Crippen LogP contribution in [-0.2, 0) is 9.59 Å². The highest BCUT2D eigenvalue weighted by atomic mass is 16.5. The van der Waals surface area contributed by atoms with Crippen molar-refractivity contribution in [3.63, 3.8) is 0 Å². The average Bonchev–Trinajstić information content (AvgIpc) is 3.19. The second-order valence-corrected chi connectivity index (χ2v) is 5.80. The fraction of sp³-hybridized carbons (Fsp3) is 0.333. The summed E-state index contributed by atoms with van der Waals surface area (Å²) in [6, 6.07) is 7.71. The van der Waals surface area contributed by atoms with Crippen molar-refractivity contribution in [2.75, 3.05) is 0 Å². The van der Waals surface area contributed by atoms with Crippen molar-refractivity contribution in [2.45, 2.75) is 38.5 Å². The van der Waals surface area contributed by atoms with Crippen molar-refractivity contribution in [2.24, 2.45) is 5.10 Å². The van der Waals surface area contributed by atoms with E-state index in [2.05, 4.69) is 15.5 Å². The van der Waals surface area contributed by atoms with Gasteiger partial charge in [-0.2, -0.15) is 5.10 Å². The van der Waals surface area contributed by atoms with E-state index >= 15 is 0 Å². The van der Waals surface area contributed by atoms with Gasteiger partial charge in [-0.3, -0.25) is 14.8 Å². The van der Waals surface area contributed by atoms with Crippen LogP contribution in [0.2, 0.25) is 0 Å². The molecule has 1 aromatic heterocycles. The smallest absolute Gasteiger partial charge is 0.243 e.